The highest BCUT2D eigenvalue weighted by Crippen LogP contribution is 2.41. The average molecular weight is 263 g/mol. The fraction of sp³-hybridized carbons (Fsp3) is 0.625. The monoisotopic (exact) mass is 263 g/mol. The Balaban J connectivity index is 1.88. The van der Waals surface area contributed by atoms with E-state index in [1.807, 2.05) is 11.8 Å². The highest BCUT2D eigenvalue weighted by Gasteiger charge is 2.23. The largest absolute Gasteiger partial charge is 0.317 e. The topological polar surface area (TPSA) is 12.0 Å². The van der Waals surface area contributed by atoms with Gasteiger partial charge in [-0.3, -0.25) is 0 Å². The van der Waals surface area contributed by atoms with Gasteiger partial charge in [0.05, 0.1) is 0 Å². The molecule has 0 spiro atoms. The van der Waals surface area contributed by atoms with E-state index >= 15 is 0 Å². The summed E-state index contributed by atoms with van der Waals surface area (Å²) < 4.78 is 0. The summed E-state index contributed by atoms with van der Waals surface area (Å²) in [6, 6.07) is 9.60. The van der Waals surface area contributed by atoms with Crippen LogP contribution in [-0.2, 0) is 0 Å². The zero-order chi connectivity index (χ0) is 13.0. The molecule has 1 aliphatic heterocycles. The molecule has 1 heterocycles. The van der Waals surface area contributed by atoms with Gasteiger partial charge in [0, 0.05) is 16.7 Å². The third kappa shape index (κ3) is 3.52. The number of nitrogens with one attached hydrogen (secondary N) is 1. The minimum Gasteiger partial charge on any atom is -0.317 e. The van der Waals surface area contributed by atoms with Crippen molar-refractivity contribution in [3.05, 3.63) is 29.8 Å². The first kappa shape index (κ1) is 14.0. The molecular formula is C16H25NS. The predicted octanol–water partition coefficient (Wildman–Crippen LogP) is 4.29. The maximum Gasteiger partial charge on any atom is 0.0107 e. The van der Waals surface area contributed by atoms with E-state index < -0.39 is 0 Å². The third-order valence-corrected chi connectivity index (χ3v) is 5.08. The first-order chi connectivity index (χ1) is 8.70. The van der Waals surface area contributed by atoms with Crippen molar-refractivity contribution in [2.45, 2.75) is 50.0 Å². The Labute approximate surface area is 116 Å². The van der Waals surface area contributed by atoms with E-state index in [-0.39, 0.29) is 0 Å². The Morgan fingerprint density at radius 2 is 2.11 bits per heavy atom. The Kier molecular flexibility index (Phi) is 5.13. The first-order valence-corrected chi connectivity index (χ1v) is 8.08. The van der Waals surface area contributed by atoms with Crippen LogP contribution in [0.4, 0.5) is 0 Å². The van der Waals surface area contributed by atoms with Crippen LogP contribution in [-0.4, -0.2) is 18.8 Å². The van der Waals surface area contributed by atoms with E-state index in [1.165, 1.54) is 29.9 Å². The Hall–Kier alpha value is -0.470. The summed E-state index contributed by atoms with van der Waals surface area (Å²) in [5, 5.41) is 3.47. The van der Waals surface area contributed by atoms with Crippen LogP contribution in [0.3, 0.4) is 0 Å². The van der Waals surface area contributed by atoms with Crippen LogP contribution in [0.15, 0.2) is 29.2 Å². The van der Waals surface area contributed by atoms with Crippen molar-refractivity contribution in [3.8, 4) is 0 Å². The number of hydrogen-bond donors (Lipinski definition) is 1. The molecule has 0 bridgehead atoms. The van der Waals surface area contributed by atoms with Gasteiger partial charge in [0.25, 0.3) is 0 Å². The summed E-state index contributed by atoms with van der Waals surface area (Å²) in [5.74, 6) is 2.83. The van der Waals surface area contributed by atoms with Crippen molar-refractivity contribution in [1.82, 2.24) is 5.32 Å². The molecule has 0 saturated heterocycles. The van der Waals surface area contributed by atoms with Crippen molar-refractivity contribution >= 4 is 11.8 Å². The van der Waals surface area contributed by atoms with Gasteiger partial charge in [-0.25, -0.2) is 0 Å². The van der Waals surface area contributed by atoms with E-state index in [2.05, 4.69) is 50.5 Å². The predicted molar refractivity (Wildman–Crippen MR) is 81.4 cm³/mol. The fourth-order valence-electron chi connectivity index (χ4n) is 2.82. The molecule has 0 saturated carbocycles. The van der Waals surface area contributed by atoms with Crippen LogP contribution in [0.1, 0.15) is 44.6 Å². The number of rotatable bonds is 6. The summed E-state index contributed by atoms with van der Waals surface area (Å²) in [7, 11) is 2.10. The molecule has 1 aliphatic rings. The number of benzene rings is 1. The zero-order valence-corrected chi connectivity index (χ0v) is 12.6. The minimum atomic E-state index is 0.683. The molecular weight excluding hydrogens is 238 g/mol. The molecule has 2 heteroatoms. The quantitative estimate of drug-likeness (QED) is 0.821. The Morgan fingerprint density at radius 3 is 2.83 bits per heavy atom. The summed E-state index contributed by atoms with van der Waals surface area (Å²) in [5.41, 5.74) is 1.59. The maximum atomic E-state index is 3.47. The molecule has 18 heavy (non-hydrogen) atoms. The summed E-state index contributed by atoms with van der Waals surface area (Å²) in [6.45, 7) is 4.62. The standard InChI is InChI=1S/C16H25NS/c1-12(2)10-14(17-3)9-8-13-11-18-16-7-5-4-6-15(13)16/h4-7,12-14,17H,8-11H2,1-3H3. The molecule has 100 valence electrons. The summed E-state index contributed by atoms with van der Waals surface area (Å²) >= 11 is 2.03. The van der Waals surface area contributed by atoms with Crippen molar-refractivity contribution in [2.75, 3.05) is 12.8 Å². The summed E-state index contributed by atoms with van der Waals surface area (Å²) in [6.07, 6.45) is 3.91. The molecule has 1 aromatic carbocycles. The van der Waals surface area contributed by atoms with Crippen LogP contribution in [0.2, 0.25) is 0 Å². The molecule has 0 radical (unpaired) electrons. The van der Waals surface area contributed by atoms with Gasteiger partial charge in [-0.2, -0.15) is 0 Å². The second-order valence-corrected chi connectivity index (χ2v) is 6.80. The number of thioether (sulfide) groups is 1. The number of hydrogen-bond acceptors (Lipinski definition) is 2. The lowest BCUT2D eigenvalue weighted by Gasteiger charge is -2.20. The maximum absolute atomic E-state index is 3.47. The zero-order valence-electron chi connectivity index (χ0n) is 11.8. The van der Waals surface area contributed by atoms with Gasteiger partial charge in [-0.15, -0.1) is 11.8 Å². The molecule has 0 aliphatic carbocycles. The van der Waals surface area contributed by atoms with Crippen molar-refractivity contribution in [3.63, 3.8) is 0 Å². The Morgan fingerprint density at radius 1 is 1.33 bits per heavy atom. The van der Waals surface area contributed by atoms with Gasteiger partial charge in [0.2, 0.25) is 0 Å². The summed E-state index contributed by atoms with van der Waals surface area (Å²) in [4.78, 5) is 1.51. The van der Waals surface area contributed by atoms with E-state index in [0.717, 1.165) is 11.8 Å². The van der Waals surface area contributed by atoms with Crippen molar-refractivity contribution < 1.29 is 0 Å². The lowest BCUT2D eigenvalue weighted by atomic mass is 9.91. The van der Waals surface area contributed by atoms with E-state index in [0.29, 0.717) is 6.04 Å². The normalized spacial score (nSPS) is 20.1. The lowest BCUT2D eigenvalue weighted by molar-refractivity contribution is 0.404. The van der Waals surface area contributed by atoms with Crippen LogP contribution < -0.4 is 5.32 Å². The molecule has 2 atom stereocenters. The van der Waals surface area contributed by atoms with Crippen LogP contribution in [0.5, 0.6) is 0 Å². The smallest absolute Gasteiger partial charge is 0.0107 e. The van der Waals surface area contributed by atoms with Crippen LogP contribution in [0, 0.1) is 5.92 Å². The first-order valence-electron chi connectivity index (χ1n) is 7.09. The van der Waals surface area contributed by atoms with Gasteiger partial charge >= 0.3 is 0 Å². The van der Waals surface area contributed by atoms with Gasteiger partial charge in [0.15, 0.2) is 0 Å². The van der Waals surface area contributed by atoms with Crippen LogP contribution >= 0.6 is 11.8 Å². The SMILES string of the molecule is CNC(CCC1CSc2ccccc21)CC(C)C. The highest BCUT2D eigenvalue weighted by molar-refractivity contribution is 7.99. The van der Waals surface area contributed by atoms with E-state index in [1.54, 1.807) is 5.56 Å². The minimum absolute atomic E-state index is 0.683. The fourth-order valence-corrected chi connectivity index (χ4v) is 4.12. The van der Waals surface area contributed by atoms with Gasteiger partial charge in [-0.1, -0.05) is 32.0 Å². The molecule has 0 aromatic heterocycles. The van der Waals surface area contributed by atoms with E-state index in [9.17, 15) is 0 Å². The van der Waals surface area contributed by atoms with Gasteiger partial charge in [-0.05, 0) is 49.8 Å². The molecule has 0 fully saturated rings. The van der Waals surface area contributed by atoms with Crippen LogP contribution in [0.25, 0.3) is 0 Å². The van der Waals surface area contributed by atoms with Crippen molar-refractivity contribution in [1.29, 1.82) is 0 Å². The highest BCUT2D eigenvalue weighted by atomic mass is 32.2. The van der Waals surface area contributed by atoms with Gasteiger partial charge < -0.3 is 5.32 Å². The molecule has 0 amide bonds. The molecule has 2 rings (SSSR count). The molecule has 1 N–H and O–H groups in total. The molecule has 1 aromatic rings. The molecule has 2 unspecified atom stereocenters. The second-order valence-electron chi connectivity index (χ2n) is 5.74. The third-order valence-electron chi connectivity index (χ3n) is 3.83. The average Bonchev–Trinajstić information content (AvgIpc) is 2.77. The lowest BCUT2D eigenvalue weighted by Crippen LogP contribution is -2.27. The molecule has 1 nitrogen and oxygen atoms in total. The second kappa shape index (κ2) is 6.63. The van der Waals surface area contributed by atoms with E-state index in [4.69, 9.17) is 0 Å². The van der Waals surface area contributed by atoms with Crippen molar-refractivity contribution in [2.24, 2.45) is 5.92 Å². The Bertz CT molecular complexity index is 375. The number of fused-ring (bicyclic) bond motifs is 1. The van der Waals surface area contributed by atoms with Gasteiger partial charge in [0.1, 0.15) is 0 Å².